The highest BCUT2D eigenvalue weighted by Gasteiger charge is 2.34. The van der Waals surface area contributed by atoms with Crippen LogP contribution in [0.15, 0.2) is 42.1 Å². The topological polar surface area (TPSA) is 75.9 Å². The van der Waals surface area contributed by atoms with E-state index in [2.05, 4.69) is 5.94 Å². The molecule has 1 saturated heterocycles. The van der Waals surface area contributed by atoms with Crippen molar-refractivity contribution in [3.63, 3.8) is 0 Å². The SMILES string of the molecule is Cc1cc([N+](=O)[O-])cc(C)c1OCN1C[C@@H](C)N(Cc2ccc(F)cc2)C(=C=O)[C@@H]1C. The molecule has 7 nitrogen and oxygen atoms in total. The Morgan fingerprint density at radius 1 is 1.19 bits per heavy atom. The Bertz CT molecular complexity index is 995. The molecule has 3 rings (SSSR count). The van der Waals surface area contributed by atoms with Crippen LogP contribution in [0.2, 0.25) is 0 Å². The van der Waals surface area contributed by atoms with Gasteiger partial charge in [0.1, 0.15) is 29.9 Å². The highest BCUT2D eigenvalue weighted by molar-refractivity contribution is 5.54. The summed E-state index contributed by atoms with van der Waals surface area (Å²) in [6.07, 6.45) is 0. The molecule has 0 N–H and O–H groups in total. The summed E-state index contributed by atoms with van der Waals surface area (Å²) in [5.41, 5.74) is 2.84. The molecule has 1 heterocycles. The first-order valence-corrected chi connectivity index (χ1v) is 10.1. The Morgan fingerprint density at radius 3 is 2.35 bits per heavy atom. The van der Waals surface area contributed by atoms with E-state index in [1.807, 2.05) is 23.6 Å². The zero-order valence-electron chi connectivity index (χ0n) is 18.1. The minimum absolute atomic E-state index is 0.0142. The van der Waals surface area contributed by atoms with Crippen LogP contribution in [-0.4, -0.2) is 46.0 Å². The Balaban J connectivity index is 1.73. The summed E-state index contributed by atoms with van der Waals surface area (Å²) >= 11 is 0. The summed E-state index contributed by atoms with van der Waals surface area (Å²) in [4.78, 5) is 26.4. The second kappa shape index (κ2) is 9.29. The van der Waals surface area contributed by atoms with Crippen molar-refractivity contribution in [1.29, 1.82) is 0 Å². The zero-order valence-corrected chi connectivity index (χ0v) is 18.1. The lowest BCUT2D eigenvalue weighted by Gasteiger charge is -2.45. The predicted molar refractivity (Wildman–Crippen MR) is 115 cm³/mol. The van der Waals surface area contributed by atoms with Crippen molar-refractivity contribution in [1.82, 2.24) is 9.80 Å². The largest absolute Gasteiger partial charge is 0.478 e. The van der Waals surface area contributed by atoms with Gasteiger partial charge in [0, 0.05) is 31.3 Å². The fourth-order valence-electron chi connectivity index (χ4n) is 3.99. The fraction of sp³-hybridized carbons (Fsp3) is 0.391. The molecule has 2 aromatic carbocycles. The van der Waals surface area contributed by atoms with Crippen LogP contribution in [0.4, 0.5) is 10.1 Å². The highest BCUT2D eigenvalue weighted by atomic mass is 19.1. The van der Waals surface area contributed by atoms with Gasteiger partial charge in [-0.3, -0.25) is 15.0 Å². The van der Waals surface area contributed by atoms with Gasteiger partial charge in [0.25, 0.3) is 5.69 Å². The number of rotatable bonds is 6. The molecule has 164 valence electrons. The molecule has 0 aromatic heterocycles. The maximum absolute atomic E-state index is 13.2. The number of halogens is 1. The quantitative estimate of drug-likeness (QED) is 0.394. The van der Waals surface area contributed by atoms with Gasteiger partial charge in [-0.2, -0.15) is 0 Å². The molecule has 2 atom stereocenters. The standard InChI is InChI=1S/C23H26FN3O4/c1-15-9-21(27(29)30)10-16(2)23(15)31-14-25-11-17(3)26(22(13-28)18(25)4)12-19-5-7-20(24)8-6-19/h5-10,17-18H,11-12,14H2,1-4H3/t17-,18+/m1/s1. The summed E-state index contributed by atoms with van der Waals surface area (Å²) in [6.45, 7) is 8.87. The lowest BCUT2D eigenvalue weighted by atomic mass is 10.0. The van der Waals surface area contributed by atoms with E-state index in [1.54, 1.807) is 26.0 Å². The molecule has 0 saturated carbocycles. The van der Waals surface area contributed by atoms with Crippen molar-refractivity contribution in [2.45, 2.75) is 46.3 Å². The predicted octanol–water partition coefficient (Wildman–Crippen LogP) is 4.00. The van der Waals surface area contributed by atoms with E-state index in [9.17, 15) is 19.3 Å². The summed E-state index contributed by atoms with van der Waals surface area (Å²) in [5.74, 6) is 2.39. The second-order valence-electron chi connectivity index (χ2n) is 7.98. The van der Waals surface area contributed by atoms with Gasteiger partial charge in [-0.15, -0.1) is 0 Å². The van der Waals surface area contributed by atoms with Crippen molar-refractivity contribution in [2.24, 2.45) is 0 Å². The number of nitro benzene ring substituents is 1. The zero-order chi connectivity index (χ0) is 22.7. The molecule has 8 heteroatoms. The van der Waals surface area contributed by atoms with Crippen molar-refractivity contribution in [3.8, 4) is 5.75 Å². The normalized spacial score (nSPS) is 19.3. The van der Waals surface area contributed by atoms with Gasteiger partial charge in [0.15, 0.2) is 0 Å². The van der Waals surface area contributed by atoms with E-state index in [0.717, 1.165) is 5.56 Å². The van der Waals surface area contributed by atoms with Crippen LogP contribution >= 0.6 is 0 Å². The number of non-ortho nitro benzene ring substituents is 1. The van der Waals surface area contributed by atoms with E-state index in [-0.39, 0.29) is 30.3 Å². The third kappa shape index (κ3) is 4.93. The molecule has 0 bridgehead atoms. The van der Waals surface area contributed by atoms with Gasteiger partial charge in [-0.05, 0) is 56.5 Å². The van der Waals surface area contributed by atoms with Crippen LogP contribution < -0.4 is 4.74 Å². The summed E-state index contributed by atoms with van der Waals surface area (Å²) < 4.78 is 19.2. The molecular formula is C23H26FN3O4. The number of carbonyl (C=O) groups excluding carboxylic acids is 1. The van der Waals surface area contributed by atoms with Crippen LogP contribution in [0.1, 0.15) is 30.5 Å². The van der Waals surface area contributed by atoms with Crippen molar-refractivity contribution < 1.29 is 18.8 Å². The number of hydrogen-bond acceptors (Lipinski definition) is 6. The number of hydrogen-bond donors (Lipinski definition) is 0. The maximum atomic E-state index is 13.2. The summed E-state index contributed by atoms with van der Waals surface area (Å²) in [5, 5.41) is 11.0. The third-order valence-corrected chi connectivity index (χ3v) is 5.69. The molecule has 0 amide bonds. The van der Waals surface area contributed by atoms with Gasteiger partial charge >= 0.3 is 0 Å². The van der Waals surface area contributed by atoms with Crippen molar-refractivity contribution in [2.75, 3.05) is 13.3 Å². The number of ether oxygens (including phenoxy) is 1. The van der Waals surface area contributed by atoms with Crippen LogP contribution in [0.3, 0.4) is 0 Å². The third-order valence-electron chi connectivity index (χ3n) is 5.69. The molecule has 2 aromatic rings. The van der Waals surface area contributed by atoms with Crippen LogP contribution in [0.5, 0.6) is 5.75 Å². The molecule has 31 heavy (non-hydrogen) atoms. The van der Waals surface area contributed by atoms with Crippen LogP contribution in [0.25, 0.3) is 0 Å². The molecule has 0 unspecified atom stereocenters. The minimum atomic E-state index is -0.422. The molecule has 0 aliphatic carbocycles. The molecule has 1 aliphatic rings. The van der Waals surface area contributed by atoms with Gasteiger partial charge < -0.3 is 9.64 Å². The Hall–Kier alpha value is -3.22. The van der Waals surface area contributed by atoms with E-state index >= 15 is 0 Å². The first-order valence-electron chi connectivity index (χ1n) is 10.1. The van der Waals surface area contributed by atoms with Crippen molar-refractivity contribution >= 4 is 11.6 Å². The first-order chi connectivity index (χ1) is 14.7. The van der Waals surface area contributed by atoms with Gasteiger partial charge in [0.05, 0.1) is 11.0 Å². The Kier molecular flexibility index (Phi) is 6.73. The molecule has 1 fully saturated rings. The Labute approximate surface area is 180 Å². The number of aryl methyl sites for hydroxylation is 2. The smallest absolute Gasteiger partial charge is 0.270 e. The molecular weight excluding hydrogens is 401 g/mol. The van der Waals surface area contributed by atoms with E-state index in [1.165, 1.54) is 24.3 Å². The van der Waals surface area contributed by atoms with E-state index in [4.69, 9.17) is 4.74 Å². The van der Waals surface area contributed by atoms with Crippen LogP contribution in [-0.2, 0) is 11.3 Å². The second-order valence-corrected chi connectivity index (χ2v) is 7.98. The average molecular weight is 427 g/mol. The minimum Gasteiger partial charge on any atom is -0.478 e. The van der Waals surface area contributed by atoms with Gasteiger partial charge in [-0.25, -0.2) is 9.18 Å². The highest BCUT2D eigenvalue weighted by Crippen LogP contribution is 2.30. The molecule has 1 aliphatic heterocycles. The first kappa shape index (κ1) is 22.5. The number of benzene rings is 2. The number of piperazine rings is 1. The monoisotopic (exact) mass is 427 g/mol. The number of nitro groups is 1. The van der Waals surface area contributed by atoms with Crippen LogP contribution in [0, 0.1) is 29.8 Å². The lowest BCUT2D eigenvalue weighted by Crippen LogP contribution is -2.55. The van der Waals surface area contributed by atoms with E-state index in [0.29, 0.717) is 35.7 Å². The maximum Gasteiger partial charge on any atom is 0.270 e. The van der Waals surface area contributed by atoms with E-state index < -0.39 is 4.92 Å². The molecule has 0 spiro atoms. The van der Waals surface area contributed by atoms with Crippen molar-refractivity contribution in [3.05, 3.63) is 74.7 Å². The summed E-state index contributed by atoms with van der Waals surface area (Å²) in [7, 11) is 0. The van der Waals surface area contributed by atoms with Gasteiger partial charge in [-0.1, -0.05) is 12.1 Å². The number of nitrogens with zero attached hydrogens (tertiary/aromatic N) is 3. The molecule has 0 radical (unpaired) electrons. The van der Waals surface area contributed by atoms with Gasteiger partial charge in [0.2, 0.25) is 0 Å². The summed E-state index contributed by atoms with van der Waals surface area (Å²) in [6, 6.07) is 9.01. The Morgan fingerprint density at radius 2 is 1.81 bits per heavy atom. The lowest BCUT2D eigenvalue weighted by molar-refractivity contribution is -0.385. The average Bonchev–Trinajstić information content (AvgIpc) is 2.72. The fourth-order valence-corrected chi connectivity index (χ4v) is 3.99.